The number of hydrogen-bond acceptors (Lipinski definition) is 2. The minimum atomic E-state index is 0.424. The van der Waals surface area contributed by atoms with Crippen LogP contribution in [0, 0.1) is 0 Å². The van der Waals surface area contributed by atoms with Gasteiger partial charge in [-0.15, -0.1) is 0 Å². The molecule has 2 rings (SSSR count). The number of ether oxygens (including phenoxy) is 1. The molecule has 0 unspecified atom stereocenters. The molecule has 0 fully saturated rings. The summed E-state index contributed by atoms with van der Waals surface area (Å²) in [6.07, 6.45) is 1.81. The third-order valence-electron chi connectivity index (χ3n) is 2.52. The molecule has 0 saturated carbocycles. The van der Waals surface area contributed by atoms with Crippen LogP contribution in [0.3, 0.4) is 0 Å². The molecule has 0 aliphatic carbocycles. The lowest BCUT2D eigenvalue weighted by molar-refractivity contribution is -0.120. The molecule has 0 amide bonds. The van der Waals surface area contributed by atoms with Crippen LogP contribution in [-0.4, -0.2) is 6.47 Å². The standard InChI is InChI=1S/C15H12O2/c1-2-12-3-5-13(6-4-12)14-7-9-15(10-8-14)17-11-16/h2-11H,1H2. The summed E-state index contributed by atoms with van der Waals surface area (Å²) in [5, 5.41) is 0. The molecular weight excluding hydrogens is 212 g/mol. The Labute approximate surface area is 100 Å². The lowest BCUT2D eigenvalue weighted by Crippen LogP contribution is -1.87. The zero-order valence-electron chi connectivity index (χ0n) is 9.30. The second-order valence-corrected chi connectivity index (χ2v) is 3.56. The monoisotopic (exact) mass is 224 g/mol. The first-order chi connectivity index (χ1) is 8.33. The molecule has 0 spiro atoms. The van der Waals surface area contributed by atoms with E-state index in [0.29, 0.717) is 12.2 Å². The van der Waals surface area contributed by atoms with Gasteiger partial charge in [-0.3, -0.25) is 4.79 Å². The van der Waals surface area contributed by atoms with Crippen LogP contribution in [-0.2, 0) is 4.79 Å². The van der Waals surface area contributed by atoms with Crippen LogP contribution in [0.25, 0.3) is 17.2 Å². The average Bonchev–Trinajstić information content (AvgIpc) is 2.40. The lowest BCUT2D eigenvalue weighted by atomic mass is 10.0. The summed E-state index contributed by atoms with van der Waals surface area (Å²) in [4.78, 5) is 10.2. The minimum absolute atomic E-state index is 0.424. The largest absolute Gasteiger partial charge is 0.429 e. The number of benzene rings is 2. The van der Waals surface area contributed by atoms with E-state index in [1.165, 1.54) is 0 Å². The molecule has 0 radical (unpaired) electrons. The van der Waals surface area contributed by atoms with Crippen LogP contribution in [0.4, 0.5) is 0 Å². The van der Waals surface area contributed by atoms with E-state index < -0.39 is 0 Å². The van der Waals surface area contributed by atoms with Gasteiger partial charge in [0.05, 0.1) is 0 Å². The first-order valence-corrected chi connectivity index (χ1v) is 5.27. The van der Waals surface area contributed by atoms with Gasteiger partial charge in [-0.05, 0) is 28.8 Å². The minimum Gasteiger partial charge on any atom is -0.429 e. The van der Waals surface area contributed by atoms with Gasteiger partial charge in [-0.2, -0.15) is 0 Å². The maximum Gasteiger partial charge on any atom is 0.298 e. The third kappa shape index (κ3) is 2.61. The van der Waals surface area contributed by atoms with E-state index in [0.717, 1.165) is 16.7 Å². The summed E-state index contributed by atoms with van der Waals surface area (Å²) in [5.41, 5.74) is 3.29. The Balaban J connectivity index is 2.26. The van der Waals surface area contributed by atoms with Gasteiger partial charge in [-0.25, -0.2) is 0 Å². The Morgan fingerprint density at radius 1 is 0.882 bits per heavy atom. The van der Waals surface area contributed by atoms with Gasteiger partial charge in [0.2, 0.25) is 0 Å². The molecule has 2 aromatic carbocycles. The number of carbonyl (C=O) groups is 1. The Morgan fingerprint density at radius 3 is 1.88 bits per heavy atom. The van der Waals surface area contributed by atoms with E-state index in [4.69, 9.17) is 4.74 Å². The molecule has 0 aliphatic rings. The van der Waals surface area contributed by atoms with Crippen LogP contribution in [0.15, 0.2) is 55.1 Å². The highest BCUT2D eigenvalue weighted by Gasteiger charge is 1.98. The quantitative estimate of drug-likeness (QED) is 0.742. The van der Waals surface area contributed by atoms with Crippen LogP contribution >= 0.6 is 0 Å². The Bertz CT molecular complexity index is 510. The third-order valence-corrected chi connectivity index (χ3v) is 2.52. The molecule has 0 bridgehead atoms. The maximum atomic E-state index is 10.2. The van der Waals surface area contributed by atoms with Gasteiger partial charge in [-0.1, -0.05) is 49.1 Å². The van der Waals surface area contributed by atoms with E-state index in [-0.39, 0.29) is 0 Å². The van der Waals surface area contributed by atoms with Crippen molar-refractivity contribution in [2.45, 2.75) is 0 Å². The highest BCUT2D eigenvalue weighted by Crippen LogP contribution is 2.22. The SMILES string of the molecule is C=Cc1ccc(-c2ccc(OC=O)cc2)cc1. The summed E-state index contributed by atoms with van der Waals surface area (Å²) in [6.45, 7) is 4.14. The Hall–Kier alpha value is -2.35. The lowest BCUT2D eigenvalue weighted by Gasteiger charge is -2.03. The Kier molecular flexibility index (Phi) is 3.36. The highest BCUT2D eigenvalue weighted by atomic mass is 16.5. The van der Waals surface area contributed by atoms with Crippen molar-refractivity contribution in [2.75, 3.05) is 0 Å². The number of hydrogen-bond donors (Lipinski definition) is 0. The Morgan fingerprint density at radius 2 is 1.41 bits per heavy atom. The summed E-state index contributed by atoms with van der Waals surface area (Å²) in [7, 11) is 0. The molecule has 2 heteroatoms. The van der Waals surface area contributed by atoms with Crippen molar-refractivity contribution in [1.82, 2.24) is 0 Å². The van der Waals surface area contributed by atoms with Gasteiger partial charge >= 0.3 is 0 Å². The molecule has 0 saturated heterocycles. The fraction of sp³-hybridized carbons (Fsp3) is 0. The average molecular weight is 224 g/mol. The summed E-state index contributed by atoms with van der Waals surface area (Å²) >= 11 is 0. The first-order valence-electron chi connectivity index (χ1n) is 5.27. The number of rotatable bonds is 4. The van der Waals surface area contributed by atoms with E-state index >= 15 is 0 Å². The summed E-state index contributed by atoms with van der Waals surface area (Å²) < 4.78 is 4.74. The first kappa shape index (κ1) is 11.1. The van der Waals surface area contributed by atoms with Crippen molar-refractivity contribution in [2.24, 2.45) is 0 Å². The van der Waals surface area contributed by atoms with Crippen molar-refractivity contribution in [3.8, 4) is 16.9 Å². The smallest absolute Gasteiger partial charge is 0.298 e. The van der Waals surface area contributed by atoms with Gasteiger partial charge in [0.1, 0.15) is 5.75 Å². The van der Waals surface area contributed by atoms with Crippen LogP contribution in [0.2, 0.25) is 0 Å². The fourth-order valence-electron chi connectivity index (χ4n) is 1.59. The molecular formula is C15H12O2. The van der Waals surface area contributed by atoms with Crippen LogP contribution < -0.4 is 4.74 Å². The molecule has 2 nitrogen and oxygen atoms in total. The molecule has 17 heavy (non-hydrogen) atoms. The second kappa shape index (κ2) is 5.12. The van der Waals surface area contributed by atoms with Crippen molar-refractivity contribution >= 4 is 12.5 Å². The molecule has 0 aromatic heterocycles. The zero-order valence-corrected chi connectivity index (χ0v) is 9.30. The predicted octanol–water partition coefficient (Wildman–Crippen LogP) is 3.53. The molecule has 0 atom stereocenters. The van der Waals surface area contributed by atoms with Crippen molar-refractivity contribution in [3.63, 3.8) is 0 Å². The molecule has 0 N–H and O–H groups in total. The van der Waals surface area contributed by atoms with Gasteiger partial charge < -0.3 is 4.74 Å². The number of carbonyl (C=O) groups excluding carboxylic acids is 1. The topological polar surface area (TPSA) is 26.3 Å². The predicted molar refractivity (Wildman–Crippen MR) is 68.7 cm³/mol. The maximum absolute atomic E-state index is 10.2. The summed E-state index contributed by atoms with van der Waals surface area (Å²) in [6, 6.07) is 15.5. The van der Waals surface area contributed by atoms with Crippen LogP contribution in [0.1, 0.15) is 5.56 Å². The molecule has 0 aliphatic heterocycles. The van der Waals surface area contributed by atoms with E-state index in [9.17, 15) is 4.79 Å². The second-order valence-electron chi connectivity index (χ2n) is 3.56. The van der Waals surface area contributed by atoms with Crippen molar-refractivity contribution in [1.29, 1.82) is 0 Å². The van der Waals surface area contributed by atoms with E-state index in [1.54, 1.807) is 12.1 Å². The van der Waals surface area contributed by atoms with Gasteiger partial charge in [0.25, 0.3) is 6.47 Å². The van der Waals surface area contributed by atoms with E-state index in [2.05, 4.69) is 6.58 Å². The normalized spacial score (nSPS) is 9.65. The van der Waals surface area contributed by atoms with Gasteiger partial charge in [0.15, 0.2) is 0 Å². The van der Waals surface area contributed by atoms with Crippen molar-refractivity contribution < 1.29 is 9.53 Å². The van der Waals surface area contributed by atoms with Gasteiger partial charge in [0, 0.05) is 0 Å². The molecule has 0 heterocycles. The molecule has 2 aromatic rings. The van der Waals surface area contributed by atoms with Crippen LogP contribution in [0.5, 0.6) is 5.75 Å². The van der Waals surface area contributed by atoms with E-state index in [1.807, 2.05) is 42.5 Å². The molecule has 84 valence electrons. The highest BCUT2D eigenvalue weighted by molar-refractivity contribution is 5.66. The fourth-order valence-corrected chi connectivity index (χ4v) is 1.59. The summed E-state index contributed by atoms with van der Waals surface area (Å²) in [5.74, 6) is 0.548. The zero-order chi connectivity index (χ0) is 12.1. The van der Waals surface area contributed by atoms with Crippen molar-refractivity contribution in [3.05, 3.63) is 60.7 Å².